The zero-order valence-corrected chi connectivity index (χ0v) is 22.8. The minimum absolute atomic E-state index is 0. The molecule has 14 heteroatoms. The fraction of sp³-hybridized carbons (Fsp3) is 0. The van der Waals surface area contributed by atoms with Crippen molar-refractivity contribution in [2.24, 2.45) is 0 Å². The molecule has 195 valence electrons. The summed E-state index contributed by atoms with van der Waals surface area (Å²) in [4.78, 5) is 17.3. The van der Waals surface area contributed by atoms with Gasteiger partial charge in [0.15, 0.2) is 0 Å². The zero-order valence-electron chi connectivity index (χ0n) is 19.1. The van der Waals surface area contributed by atoms with Crippen molar-refractivity contribution in [2.45, 2.75) is 0 Å². The number of benzene rings is 2. The molecular weight excluding hydrogens is 594 g/mol. The molecule has 4 aromatic heterocycles. The summed E-state index contributed by atoms with van der Waals surface area (Å²) >= 11 is 13.4. The van der Waals surface area contributed by atoms with E-state index in [1.165, 1.54) is 0 Å². The first-order valence-corrected chi connectivity index (χ1v) is 12.8. The van der Waals surface area contributed by atoms with Gasteiger partial charge >= 0.3 is 21.0 Å². The summed E-state index contributed by atoms with van der Waals surface area (Å²) in [5.41, 5.74) is 3.52. The molecule has 0 aliphatic rings. The van der Waals surface area contributed by atoms with Crippen LogP contribution in [0.15, 0.2) is 85.5 Å². The van der Waals surface area contributed by atoms with Crippen molar-refractivity contribution >= 4 is 77.2 Å². The molecule has 10 nitrogen and oxygen atoms in total. The number of fused-ring (bicyclic) bond motifs is 6. The monoisotopic (exact) mass is 610 g/mol. The molecule has 0 unspecified atom stereocenters. The molecule has 3 N–H and O–H groups in total. The molecule has 0 fully saturated rings. The van der Waals surface area contributed by atoms with Crippen molar-refractivity contribution in [3.63, 3.8) is 0 Å². The van der Waals surface area contributed by atoms with Crippen LogP contribution in [0.4, 0.5) is 0 Å². The second-order valence-corrected chi connectivity index (χ2v) is 8.76. The van der Waals surface area contributed by atoms with E-state index in [1.54, 1.807) is 24.8 Å². The number of pyridine rings is 4. The van der Waals surface area contributed by atoms with E-state index in [4.69, 9.17) is 44.4 Å². The third-order valence-electron chi connectivity index (χ3n) is 4.82. The molecule has 0 amide bonds. The number of rotatable bonds is 0. The number of hydrogen-bond donors (Lipinski definition) is 1. The molecule has 0 radical (unpaired) electrons. The van der Waals surface area contributed by atoms with Crippen LogP contribution in [0, 0.1) is 0 Å². The first-order valence-electron chi connectivity index (χ1n) is 10.1. The quantitative estimate of drug-likeness (QED) is 0.142. The Balaban J connectivity index is 0.000000212. The summed E-state index contributed by atoms with van der Waals surface area (Å²) in [5.74, 6) is 0. The minimum atomic E-state index is -4.92. The van der Waals surface area contributed by atoms with Crippen molar-refractivity contribution < 1.29 is 44.0 Å². The number of aromatic nitrogens is 4. The van der Waals surface area contributed by atoms with Gasteiger partial charge in [-0.05, 0) is 48.5 Å². The number of hydrogen-bond acceptors (Lipinski definition) is 8. The van der Waals surface area contributed by atoms with E-state index in [2.05, 4.69) is 19.9 Å². The third-order valence-corrected chi connectivity index (χ3v) is 5.45. The summed E-state index contributed by atoms with van der Waals surface area (Å²) < 4.78 is 41.0. The molecule has 0 aliphatic heterocycles. The first kappa shape index (κ1) is 31.1. The molecule has 0 spiro atoms. The van der Waals surface area contributed by atoms with Crippen molar-refractivity contribution in [1.29, 1.82) is 0 Å². The van der Waals surface area contributed by atoms with E-state index < -0.39 is 10.4 Å². The molecule has 2 aromatic carbocycles. The molecule has 4 heterocycles. The van der Waals surface area contributed by atoms with Crippen LogP contribution in [0.1, 0.15) is 0 Å². The summed E-state index contributed by atoms with van der Waals surface area (Å²) in [6, 6.07) is 19.3. The Labute approximate surface area is 235 Å². The predicted molar refractivity (Wildman–Crippen MR) is 141 cm³/mol. The normalized spacial score (nSPS) is 10.3. The third kappa shape index (κ3) is 7.94. The van der Waals surface area contributed by atoms with Gasteiger partial charge in [-0.1, -0.05) is 35.3 Å². The van der Waals surface area contributed by atoms with Crippen LogP contribution >= 0.6 is 23.2 Å². The molecule has 38 heavy (non-hydrogen) atoms. The van der Waals surface area contributed by atoms with Gasteiger partial charge in [0.25, 0.3) is 0 Å². The average Bonchev–Trinajstić information content (AvgIpc) is 2.90. The van der Waals surface area contributed by atoms with Crippen LogP contribution in [0.5, 0.6) is 0 Å². The van der Waals surface area contributed by atoms with Crippen LogP contribution in [0.2, 0.25) is 10.0 Å². The van der Waals surface area contributed by atoms with E-state index in [9.17, 15) is 0 Å². The van der Waals surface area contributed by atoms with Gasteiger partial charge in [0.05, 0.1) is 32.1 Å². The van der Waals surface area contributed by atoms with E-state index >= 15 is 0 Å². The van der Waals surface area contributed by atoms with Crippen LogP contribution in [-0.2, 0) is 31.4 Å². The summed E-state index contributed by atoms with van der Waals surface area (Å²) in [6.45, 7) is 0. The summed E-state index contributed by atoms with van der Waals surface area (Å²) in [6.07, 6.45) is 7.05. The molecule has 0 aliphatic carbocycles. The van der Waals surface area contributed by atoms with Crippen molar-refractivity contribution in [3.05, 3.63) is 95.5 Å². The molecule has 0 saturated heterocycles. The van der Waals surface area contributed by atoms with E-state index in [1.807, 2.05) is 60.7 Å². The molecular formula is C24H17Cl2N4O6SV-. The van der Waals surface area contributed by atoms with Crippen LogP contribution < -0.4 is 0 Å². The van der Waals surface area contributed by atoms with Crippen LogP contribution in [-0.4, -0.2) is 42.9 Å². The summed E-state index contributed by atoms with van der Waals surface area (Å²) in [7, 11) is -4.92. The van der Waals surface area contributed by atoms with E-state index in [-0.39, 0.29) is 5.48 Å². The zero-order chi connectivity index (χ0) is 27.0. The van der Waals surface area contributed by atoms with Crippen molar-refractivity contribution in [2.75, 3.05) is 0 Å². The average molecular weight is 611 g/mol. The Morgan fingerprint density at radius 1 is 0.658 bits per heavy atom. The van der Waals surface area contributed by atoms with Gasteiger partial charge in [-0.2, -0.15) is 0 Å². The van der Waals surface area contributed by atoms with Gasteiger partial charge in [0.2, 0.25) is 10.4 Å². The number of nitrogens with zero attached hydrogens (tertiary/aromatic N) is 4. The van der Waals surface area contributed by atoms with Crippen LogP contribution in [0.3, 0.4) is 0 Å². The van der Waals surface area contributed by atoms with Crippen molar-refractivity contribution in [1.82, 2.24) is 19.9 Å². The first-order chi connectivity index (χ1) is 17.7. The fourth-order valence-corrected chi connectivity index (χ4v) is 4.01. The SMILES string of the molecule is Clc1cc2cccnc2c2ncccc12.Clc1cc2cccnc2c2ncccc12.O.O=S(=O)([O-])O.[O]=[V]. The molecule has 0 bridgehead atoms. The van der Waals surface area contributed by atoms with Gasteiger partial charge in [-0.25, -0.2) is 8.42 Å². The van der Waals surface area contributed by atoms with Gasteiger partial charge in [-0.3, -0.25) is 24.5 Å². The molecule has 6 aromatic rings. The fourth-order valence-electron chi connectivity index (χ4n) is 3.47. The summed E-state index contributed by atoms with van der Waals surface area (Å²) in [5, 5.41) is 5.38. The standard InChI is InChI=1S/2C12H7ClN2.H2O4S.H2O.O.V/c2*13-10-7-8-3-1-5-14-11(8)12-9(10)4-2-6-15-12;1-5(2,3)4;;;/h2*1-7H;(H2,1,2,3,4);1H2;;/p-1. The topological polar surface area (TPSA) is 178 Å². The Bertz CT molecular complexity index is 1690. The van der Waals surface area contributed by atoms with E-state index in [0.717, 1.165) is 71.0 Å². The van der Waals surface area contributed by atoms with Crippen molar-refractivity contribution in [3.8, 4) is 0 Å². The molecule has 0 atom stereocenters. The maximum atomic E-state index is 8.63. The maximum absolute atomic E-state index is 8.63. The molecule has 6 rings (SSSR count). The second-order valence-electron chi connectivity index (χ2n) is 7.09. The predicted octanol–water partition coefficient (Wildman–Crippen LogP) is 4.93. The van der Waals surface area contributed by atoms with Gasteiger partial charge in [0, 0.05) is 46.3 Å². The Morgan fingerprint density at radius 3 is 1.29 bits per heavy atom. The Kier molecular flexibility index (Phi) is 11.6. The number of halogens is 2. The van der Waals surface area contributed by atoms with Crippen LogP contribution in [0.25, 0.3) is 43.6 Å². The van der Waals surface area contributed by atoms with E-state index in [0.29, 0.717) is 0 Å². The second kappa shape index (κ2) is 14.1. The van der Waals surface area contributed by atoms with Gasteiger partial charge in [0.1, 0.15) is 0 Å². The molecule has 0 saturated carbocycles. The Morgan fingerprint density at radius 2 is 0.947 bits per heavy atom. The van der Waals surface area contributed by atoms with Gasteiger partial charge < -0.3 is 10.0 Å². The van der Waals surface area contributed by atoms with Gasteiger partial charge in [-0.15, -0.1) is 0 Å². The Hall–Kier alpha value is -3.13.